The van der Waals surface area contributed by atoms with Crippen LogP contribution in [0, 0.1) is 13.8 Å². The summed E-state index contributed by atoms with van der Waals surface area (Å²) in [4.78, 5) is 38.4. The molecule has 0 unspecified atom stereocenters. The Morgan fingerprint density at radius 1 is 0.902 bits per heavy atom. The highest BCUT2D eigenvalue weighted by Gasteiger charge is 2.36. The van der Waals surface area contributed by atoms with Gasteiger partial charge in [0.05, 0.1) is 24.0 Å². The number of carbonyl (C=O) groups is 3. The summed E-state index contributed by atoms with van der Waals surface area (Å²) in [5, 5.41) is 24.7. The lowest BCUT2D eigenvalue weighted by atomic mass is 10.0. The van der Waals surface area contributed by atoms with E-state index in [4.69, 9.17) is 4.74 Å². The number of hydrogen-bond acceptors (Lipinski definition) is 8. The van der Waals surface area contributed by atoms with E-state index in [0.717, 1.165) is 11.1 Å². The molecule has 206 valence electrons. The van der Waals surface area contributed by atoms with Crippen molar-refractivity contribution in [2.24, 2.45) is 5.10 Å². The number of phenolic OH excluding ortho intramolecular Hbond substituents is 1. The molecule has 1 amide bonds. The van der Waals surface area contributed by atoms with Gasteiger partial charge < -0.3 is 19.7 Å². The lowest BCUT2D eigenvalue weighted by Gasteiger charge is -2.19. The SMILES string of the molecule is COC(=O)Oc1ccc2c(c1)N(c1cc(C)cc(C)c1)C(=O)C2=NNc1cccc(-c2cccc(C(=O)O)c2)c1O. The second-order valence-electron chi connectivity index (χ2n) is 9.38. The maximum atomic E-state index is 13.8. The molecule has 0 atom stereocenters. The van der Waals surface area contributed by atoms with Crippen molar-refractivity contribution in [3.05, 3.63) is 101 Å². The van der Waals surface area contributed by atoms with Crippen LogP contribution in [0.4, 0.5) is 21.9 Å². The van der Waals surface area contributed by atoms with E-state index < -0.39 is 18.0 Å². The molecule has 0 saturated carbocycles. The van der Waals surface area contributed by atoms with Crippen LogP contribution in [-0.4, -0.2) is 41.1 Å². The Morgan fingerprint density at radius 3 is 2.34 bits per heavy atom. The van der Waals surface area contributed by atoms with Gasteiger partial charge in [-0.2, -0.15) is 5.10 Å². The van der Waals surface area contributed by atoms with E-state index in [1.165, 1.54) is 30.2 Å². The summed E-state index contributed by atoms with van der Waals surface area (Å²) in [5.74, 6) is -1.50. The zero-order valence-corrected chi connectivity index (χ0v) is 22.3. The summed E-state index contributed by atoms with van der Waals surface area (Å²) in [5.41, 5.74) is 7.48. The number of aromatic hydroxyl groups is 1. The summed E-state index contributed by atoms with van der Waals surface area (Å²) in [7, 11) is 1.20. The fourth-order valence-corrected chi connectivity index (χ4v) is 4.68. The van der Waals surface area contributed by atoms with Gasteiger partial charge in [0.15, 0.2) is 5.71 Å². The number of nitrogens with one attached hydrogen (secondary N) is 1. The van der Waals surface area contributed by atoms with E-state index >= 15 is 0 Å². The summed E-state index contributed by atoms with van der Waals surface area (Å²) in [6, 6.07) is 21.5. The van der Waals surface area contributed by atoms with Crippen LogP contribution in [0.25, 0.3) is 11.1 Å². The number of fused-ring (bicyclic) bond motifs is 1. The Morgan fingerprint density at radius 2 is 1.63 bits per heavy atom. The highest BCUT2D eigenvalue weighted by molar-refractivity contribution is 6.55. The number of para-hydroxylation sites is 1. The molecule has 3 N–H and O–H groups in total. The van der Waals surface area contributed by atoms with Crippen LogP contribution in [0.3, 0.4) is 0 Å². The molecule has 4 aromatic carbocycles. The number of aromatic carboxylic acids is 1. The average Bonchev–Trinajstić information content (AvgIpc) is 3.22. The highest BCUT2D eigenvalue weighted by Crippen LogP contribution is 2.40. The Hall–Kier alpha value is -5.64. The third-order valence-electron chi connectivity index (χ3n) is 6.45. The molecule has 0 spiro atoms. The van der Waals surface area contributed by atoms with Crippen molar-refractivity contribution in [3.8, 4) is 22.6 Å². The van der Waals surface area contributed by atoms with Gasteiger partial charge in [-0.15, -0.1) is 0 Å². The van der Waals surface area contributed by atoms with E-state index in [-0.39, 0.29) is 28.5 Å². The topological polar surface area (TPSA) is 138 Å². The predicted molar refractivity (Wildman–Crippen MR) is 153 cm³/mol. The summed E-state index contributed by atoms with van der Waals surface area (Å²) in [6.45, 7) is 3.85. The Kier molecular flexibility index (Phi) is 7.13. The molecular formula is C31H25N3O7. The van der Waals surface area contributed by atoms with Gasteiger partial charge in [-0.1, -0.05) is 30.3 Å². The van der Waals surface area contributed by atoms with Gasteiger partial charge in [0.25, 0.3) is 5.91 Å². The number of hydrazone groups is 1. The minimum Gasteiger partial charge on any atom is -0.505 e. The van der Waals surface area contributed by atoms with Crippen molar-refractivity contribution in [2.45, 2.75) is 13.8 Å². The number of carboxylic acids is 1. The molecule has 0 aliphatic carbocycles. The van der Waals surface area contributed by atoms with Crippen molar-refractivity contribution in [1.82, 2.24) is 0 Å². The largest absolute Gasteiger partial charge is 0.513 e. The van der Waals surface area contributed by atoms with Crippen molar-refractivity contribution < 1.29 is 34.1 Å². The molecule has 0 fully saturated rings. The summed E-state index contributed by atoms with van der Waals surface area (Å²) < 4.78 is 9.78. The fourth-order valence-electron chi connectivity index (χ4n) is 4.68. The average molecular weight is 552 g/mol. The number of nitrogens with zero attached hydrogens (tertiary/aromatic N) is 2. The monoisotopic (exact) mass is 551 g/mol. The van der Waals surface area contributed by atoms with Crippen LogP contribution in [0.1, 0.15) is 27.0 Å². The lowest BCUT2D eigenvalue weighted by Crippen LogP contribution is -2.26. The number of amides is 1. The van der Waals surface area contributed by atoms with E-state index in [0.29, 0.717) is 28.1 Å². The smallest absolute Gasteiger partial charge is 0.505 e. The number of rotatable bonds is 6. The zero-order chi connectivity index (χ0) is 29.3. The van der Waals surface area contributed by atoms with Crippen LogP contribution in [0.5, 0.6) is 11.5 Å². The van der Waals surface area contributed by atoms with Crippen LogP contribution < -0.4 is 15.1 Å². The molecule has 1 aliphatic heterocycles. The fraction of sp³-hybridized carbons (Fsp3) is 0.0968. The third kappa shape index (κ3) is 5.30. The number of methoxy groups -OCH3 is 1. The van der Waals surface area contributed by atoms with Gasteiger partial charge in [0.1, 0.15) is 11.5 Å². The summed E-state index contributed by atoms with van der Waals surface area (Å²) in [6.07, 6.45) is -0.896. The van der Waals surface area contributed by atoms with Gasteiger partial charge in [0.2, 0.25) is 0 Å². The molecule has 0 aromatic heterocycles. The van der Waals surface area contributed by atoms with Crippen molar-refractivity contribution in [1.29, 1.82) is 0 Å². The van der Waals surface area contributed by atoms with E-state index in [1.807, 2.05) is 32.0 Å². The molecule has 5 rings (SSSR count). The first-order chi connectivity index (χ1) is 19.7. The van der Waals surface area contributed by atoms with Crippen molar-refractivity contribution >= 4 is 40.8 Å². The zero-order valence-electron chi connectivity index (χ0n) is 22.3. The van der Waals surface area contributed by atoms with Crippen LogP contribution in [0.2, 0.25) is 0 Å². The number of carboxylic acid groups (broad SMARTS) is 1. The third-order valence-corrected chi connectivity index (χ3v) is 6.45. The first kappa shape index (κ1) is 26.9. The predicted octanol–water partition coefficient (Wildman–Crippen LogP) is 6.01. The first-order valence-corrected chi connectivity index (χ1v) is 12.5. The van der Waals surface area contributed by atoms with Crippen molar-refractivity contribution in [2.75, 3.05) is 17.4 Å². The highest BCUT2D eigenvalue weighted by atomic mass is 16.7. The maximum absolute atomic E-state index is 13.8. The van der Waals surface area contributed by atoms with Gasteiger partial charge in [-0.3, -0.25) is 15.1 Å². The first-order valence-electron chi connectivity index (χ1n) is 12.5. The number of carbonyl (C=O) groups excluding carboxylic acids is 2. The van der Waals surface area contributed by atoms with Crippen LogP contribution in [-0.2, 0) is 9.53 Å². The number of benzene rings is 4. The van der Waals surface area contributed by atoms with Crippen LogP contribution >= 0.6 is 0 Å². The number of ether oxygens (including phenoxy) is 2. The summed E-state index contributed by atoms with van der Waals surface area (Å²) >= 11 is 0. The lowest BCUT2D eigenvalue weighted by molar-refractivity contribution is -0.111. The minimum atomic E-state index is -1.08. The van der Waals surface area contributed by atoms with Gasteiger partial charge >= 0.3 is 12.1 Å². The van der Waals surface area contributed by atoms with Gasteiger partial charge in [0, 0.05) is 22.9 Å². The number of phenols is 1. The maximum Gasteiger partial charge on any atom is 0.513 e. The normalized spacial score (nSPS) is 13.2. The molecule has 1 aliphatic rings. The van der Waals surface area contributed by atoms with Gasteiger partial charge in [-0.25, -0.2) is 9.59 Å². The number of hydrogen-bond donors (Lipinski definition) is 3. The quantitative estimate of drug-likeness (QED) is 0.115. The van der Waals surface area contributed by atoms with Crippen LogP contribution in [0.15, 0.2) is 84.0 Å². The van der Waals surface area contributed by atoms with E-state index in [2.05, 4.69) is 15.3 Å². The molecule has 1 heterocycles. The van der Waals surface area contributed by atoms with E-state index in [9.17, 15) is 24.6 Å². The Labute approximate surface area is 235 Å². The van der Waals surface area contributed by atoms with E-state index in [1.54, 1.807) is 42.5 Å². The molecule has 4 aromatic rings. The number of aryl methyl sites for hydroxylation is 2. The Bertz CT molecular complexity index is 1730. The number of anilines is 3. The molecule has 10 nitrogen and oxygen atoms in total. The second-order valence-corrected chi connectivity index (χ2v) is 9.38. The van der Waals surface area contributed by atoms with Crippen molar-refractivity contribution in [3.63, 3.8) is 0 Å². The Balaban J connectivity index is 1.55. The molecule has 0 saturated heterocycles. The minimum absolute atomic E-state index is 0.0708. The van der Waals surface area contributed by atoms with Gasteiger partial charge in [-0.05, 0) is 73.0 Å². The molecule has 10 heteroatoms. The standard InChI is InChI=1S/C31H25N3O7/c1-17-12-18(2)14-21(13-17)34-26-16-22(41-31(39)40-3)10-11-24(26)27(29(34)36)33-32-25-9-5-8-23(28(25)35)19-6-4-7-20(15-19)30(37)38/h4-16,32,35H,1-3H3,(H,37,38). The molecular weight excluding hydrogens is 526 g/mol. The molecule has 0 radical (unpaired) electrons. The second kappa shape index (κ2) is 10.9. The molecule has 41 heavy (non-hydrogen) atoms. The molecule has 0 bridgehead atoms.